The zero-order valence-electron chi connectivity index (χ0n) is 17.0. The Balaban J connectivity index is 2.03. The number of hydrogen-bond donors (Lipinski definition) is 1. The molecule has 0 unspecified atom stereocenters. The third kappa shape index (κ3) is 7.88. The maximum atomic E-state index is 12.6. The summed E-state index contributed by atoms with van der Waals surface area (Å²) in [7, 11) is 0. The average Bonchev–Trinajstić information content (AvgIpc) is 2.67. The lowest BCUT2D eigenvalue weighted by molar-refractivity contribution is -0.384. The highest BCUT2D eigenvalue weighted by molar-refractivity contribution is 5.83. The van der Waals surface area contributed by atoms with Gasteiger partial charge in [0.25, 0.3) is 5.69 Å². The molecule has 1 atom stereocenters. The third-order valence-corrected chi connectivity index (χ3v) is 3.64. The van der Waals surface area contributed by atoms with Crippen molar-refractivity contribution in [2.75, 3.05) is 6.61 Å². The molecule has 0 heterocycles. The molecule has 1 amide bonds. The van der Waals surface area contributed by atoms with Crippen molar-refractivity contribution in [2.24, 2.45) is 0 Å². The molecule has 0 aliphatic rings. The zero-order valence-corrected chi connectivity index (χ0v) is 17.0. The lowest BCUT2D eigenvalue weighted by Gasteiger charge is -2.23. The Kier molecular flexibility index (Phi) is 7.88. The van der Waals surface area contributed by atoms with Crippen LogP contribution in [-0.2, 0) is 20.9 Å². The number of benzene rings is 2. The van der Waals surface area contributed by atoms with Crippen molar-refractivity contribution in [1.82, 2.24) is 5.32 Å². The van der Waals surface area contributed by atoms with E-state index in [1.165, 1.54) is 24.3 Å². The SMILES string of the molecule is CC(C)(C)OC(=O)N[C@H](COCc1ccccc1)C(=O)Oc1ccc([N+](=O)[O-])cc1. The lowest BCUT2D eigenvalue weighted by Crippen LogP contribution is -2.47. The van der Waals surface area contributed by atoms with Gasteiger partial charge < -0.3 is 19.5 Å². The molecule has 0 radical (unpaired) electrons. The van der Waals surface area contributed by atoms with E-state index in [4.69, 9.17) is 14.2 Å². The Labute approximate surface area is 174 Å². The van der Waals surface area contributed by atoms with Gasteiger partial charge >= 0.3 is 12.1 Å². The summed E-state index contributed by atoms with van der Waals surface area (Å²) in [4.78, 5) is 34.8. The Morgan fingerprint density at radius 2 is 1.70 bits per heavy atom. The number of rotatable bonds is 8. The summed E-state index contributed by atoms with van der Waals surface area (Å²) in [5, 5.41) is 13.2. The number of amides is 1. The van der Waals surface area contributed by atoms with Gasteiger partial charge in [-0.2, -0.15) is 0 Å². The molecule has 1 N–H and O–H groups in total. The first-order valence-electron chi connectivity index (χ1n) is 9.21. The van der Waals surface area contributed by atoms with Crippen LogP contribution in [0.5, 0.6) is 5.75 Å². The molecule has 0 saturated heterocycles. The van der Waals surface area contributed by atoms with E-state index < -0.39 is 28.6 Å². The first kappa shape index (κ1) is 22.8. The number of nitro benzene ring substituents is 1. The highest BCUT2D eigenvalue weighted by atomic mass is 16.6. The van der Waals surface area contributed by atoms with Crippen molar-refractivity contribution in [3.8, 4) is 5.75 Å². The second-order valence-corrected chi connectivity index (χ2v) is 7.37. The predicted octanol–water partition coefficient (Wildman–Crippen LogP) is 3.61. The van der Waals surface area contributed by atoms with E-state index in [0.717, 1.165) is 5.56 Å². The van der Waals surface area contributed by atoms with Crippen molar-refractivity contribution >= 4 is 17.7 Å². The van der Waals surface area contributed by atoms with Gasteiger partial charge in [-0.25, -0.2) is 9.59 Å². The van der Waals surface area contributed by atoms with Gasteiger partial charge in [0, 0.05) is 12.1 Å². The van der Waals surface area contributed by atoms with Gasteiger partial charge in [0.1, 0.15) is 11.4 Å². The summed E-state index contributed by atoms with van der Waals surface area (Å²) < 4.78 is 16.0. The molecule has 2 aromatic carbocycles. The van der Waals surface area contributed by atoms with Crippen LogP contribution in [-0.4, -0.2) is 35.2 Å². The zero-order chi connectivity index (χ0) is 22.1. The summed E-state index contributed by atoms with van der Waals surface area (Å²) in [6, 6.07) is 13.2. The second-order valence-electron chi connectivity index (χ2n) is 7.37. The number of alkyl carbamates (subject to hydrolysis) is 1. The molecule has 0 aliphatic heterocycles. The molecule has 0 bridgehead atoms. The summed E-state index contributed by atoms with van der Waals surface area (Å²) >= 11 is 0. The van der Waals surface area contributed by atoms with E-state index in [2.05, 4.69) is 5.32 Å². The number of non-ortho nitro benzene ring substituents is 1. The largest absolute Gasteiger partial charge is 0.444 e. The van der Waals surface area contributed by atoms with Gasteiger partial charge in [-0.3, -0.25) is 10.1 Å². The van der Waals surface area contributed by atoms with E-state index in [0.29, 0.717) is 0 Å². The third-order valence-electron chi connectivity index (χ3n) is 3.64. The fourth-order valence-electron chi connectivity index (χ4n) is 2.31. The Morgan fingerprint density at radius 1 is 1.07 bits per heavy atom. The predicted molar refractivity (Wildman–Crippen MR) is 108 cm³/mol. The molecule has 2 aromatic rings. The molecule has 0 fully saturated rings. The fourth-order valence-corrected chi connectivity index (χ4v) is 2.31. The molecule has 0 saturated carbocycles. The number of nitrogens with zero attached hydrogens (tertiary/aromatic N) is 1. The Bertz CT molecular complexity index is 861. The second kappa shape index (κ2) is 10.4. The molecule has 0 spiro atoms. The molecule has 0 aromatic heterocycles. The van der Waals surface area contributed by atoms with Crippen LogP contribution in [0.1, 0.15) is 26.3 Å². The average molecular weight is 416 g/mol. The number of nitro groups is 1. The molecular formula is C21H24N2O7. The molecule has 160 valence electrons. The summed E-state index contributed by atoms with van der Waals surface area (Å²) in [6.45, 7) is 5.17. The number of nitrogens with one attached hydrogen (secondary N) is 1. The Morgan fingerprint density at radius 3 is 2.27 bits per heavy atom. The highest BCUT2D eigenvalue weighted by Gasteiger charge is 2.26. The van der Waals surface area contributed by atoms with E-state index in [1.54, 1.807) is 20.8 Å². The van der Waals surface area contributed by atoms with Crippen LogP contribution >= 0.6 is 0 Å². The molecule has 9 heteroatoms. The highest BCUT2D eigenvalue weighted by Crippen LogP contribution is 2.18. The topological polar surface area (TPSA) is 117 Å². The minimum Gasteiger partial charge on any atom is -0.444 e. The van der Waals surface area contributed by atoms with Crippen molar-refractivity contribution in [2.45, 2.75) is 39.0 Å². The normalized spacial score (nSPS) is 12.0. The Hall–Kier alpha value is -3.46. The van der Waals surface area contributed by atoms with Gasteiger partial charge in [-0.1, -0.05) is 30.3 Å². The maximum Gasteiger partial charge on any atom is 0.408 e. The van der Waals surface area contributed by atoms with Crippen LogP contribution in [0.15, 0.2) is 54.6 Å². The molecular weight excluding hydrogens is 392 g/mol. The van der Waals surface area contributed by atoms with Gasteiger partial charge in [0.2, 0.25) is 0 Å². The smallest absolute Gasteiger partial charge is 0.408 e. The summed E-state index contributed by atoms with van der Waals surface area (Å²) in [5.74, 6) is -0.688. The number of hydrogen-bond acceptors (Lipinski definition) is 7. The lowest BCUT2D eigenvalue weighted by atomic mass is 10.2. The van der Waals surface area contributed by atoms with Gasteiger partial charge in [0.05, 0.1) is 18.1 Å². The monoisotopic (exact) mass is 416 g/mol. The molecule has 2 rings (SSSR count). The minimum atomic E-state index is -1.14. The summed E-state index contributed by atoms with van der Waals surface area (Å²) in [6.07, 6.45) is -0.795. The number of carbonyl (C=O) groups is 2. The quantitative estimate of drug-likeness (QED) is 0.302. The summed E-state index contributed by atoms with van der Waals surface area (Å²) in [5.41, 5.74) is 0.0172. The fraction of sp³-hybridized carbons (Fsp3) is 0.333. The van der Waals surface area contributed by atoms with Crippen LogP contribution in [0, 0.1) is 10.1 Å². The van der Waals surface area contributed by atoms with Crippen molar-refractivity contribution in [3.05, 3.63) is 70.3 Å². The van der Waals surface area contributed by atoms with Crippen molar-refractivity contribution in [1.29, 1.82) is 0 Å². The van der Waals surface area contributed by atoms with Crippen LogP contribution in [0.4, 0.5) is 10.5 Å². The van der Waals surface area contributed by atoms with Crippen LogP contribution in [0.2, 0.25) is 0 Å². The van der Waals surface area contributed by atoms with E-state index in [1.807, 2.05) is 30.3 Å². The first-order valence-corrected chi connectivity index (χ1v) is 9.21. The minimum absolute atomic E-state index is 0.102. The van der Waals surface area contributed by atoms with Crippen molar-refractivity contribution in [3.63, 3.8) is 0 Å². The number of esters is 1. The van der Waals surface area contributed by atoms with Crippen LogP contribution in [0.25, 0.3) is 0 Å². The number of ether oxygens (including phenoxy) is 3. The van der Waals surface area contributed by atoms with Gasteiger partial charge in [0.15, 0.2) is 6.04 Å². The van der Waals surface area contributed by atoms with Gasteiger partial charge in [-0.05, 0) is 38.5 Å². The molecule has 0 aliphatic carbocycles. The first-order chi connectivity index (χ1) is 14.1. The van der Waals surface area contributed by atoms with E-state index >= 15 is 0 Å². The van der Waals surface area contributed by atoms with E-state index in [9.17, 15) is 19.7 Å². The standard InChI is InChI=1S/C21H24N2O7/c1-21(2,3)30-20(25)22-18(14-28-13-15-7-5-4-6-8-15)19(24)29-17-11-9-16(10-12-17)23(26)27/h4-12,18H,13-14H2,1-3H3,(H,22,25)/t18-/m1/s1. The maximum absolute atomic E-state index is 12.6. The molecule has 9 nitrogen and oxygen atoms in total. The van der Waals surface area contributed by atoms with Crippen LogP contribution in [0.3, 0.4) is 0 Å². The van der Waals surface area contributed by atoms with E-state index in [-0.39, 0.29) is 24.7 Å². The van der Waals surface area contributed by atoms with Crippen molar-refractivity contribution < 1.29 is 28.7 Å². The molecule has 30 heavy (non-hydrogen) atoms. The number of carbonyl (C=O) groups excluding carboxylic acids is 2. The van der Waals surface area contributed by atoms with Crippen LogP contribution < -0.4 is 10.1 Å². The van der Waals surface area contributed by atoms with Gasteiger partial charge in [-0.15, -0.1) is 0 Å².